The van der Waals surface area contributed by atoms with E-state index >= 15 is 0 Å². The molecule has 3 aromatic rings. The lowest BCUT2D eigenvalue weighted by atomic mass is 9.95. The van der Waals surface area contributed by atoms with Gasteiger partial charge in [0.1, 0.15) is 0 Å². The largest absolute Gasteiger partial charge is 0.493 e. The van der Waals surface area contributed by atoms with Crippen LogP contribution in [0.1, 0.15) is 54.3 Å². The summed E-state index contributed by atoms with van der Waals surface area (Å²) in [5.74, 6) is 1.13. The Hall–Kier alpha value is -3.26. The molecular formula is C29H37N3O4S. The quantitative estimate of drug-likeness (QED) is 0.388. The van der Waals surface area contributed by atoms with E-state index in [0.29, 0.717) is 24.5 Å². The summed E-state index contributed by atoms with van der Waals surface area (Å²) < 4.78 is 12.8. The van der Waals surface area contributed by atoms with Crippen molar-refractivity contribution >= 4 is 23.2 Å². The number of carbonyl (C=O) groups is 2. The van der Waals surface area contributed by atoms with Crippen molar-refractivity contribution in [3.05, 3.63) is 70.2 Å². The zero-order chi connectivity index (χ0) is 26.2. The first-order valence-corrected chi connectivity index (χ1v) is 13.8. The maximum Gasteiger partial charge on any atom is 0.249 e. The Bertz CT molecular complexity index is 1170. The second-order valence-corrected chi connectivity index (χ2v) is 10.6. The lowest BCUT2D eigenvalue weighted by Crippen LogP contribution is -2.48. The van der Waals surface area contributed by atoms with Gasteiger partial charge in [0.2, 0.25) is 11.8 Å². The summed E-state index contributed by atoms with van der Waals surface area (Å²) in [7, 11) is 5.14. The molecule has 1 fully saturated rings. The number of thiophene rings is 1. The predicted molar refractivity (Wildman–Crippen MR) is 146 cm³/mol. The molecule has 0 aliphatic heterocycles. The number of amides is 2. The Labute approximate surface area is 223 Å². The van der Waals surface area contributed by atoms with Crippen molar-refractivity contribution in [1.29, 1.82) is 0 Å². The van der Waals surface area contributed by atoms with Gasteiger partial charge >= 0.3 is 0 Å². The van der Waals surface area contributed by atoms with Crippen molar-refractivity contribution in [1.82, 2.24) is 14.8 Å². The molecule has 1 atom stereocenters. The molecule has 7 nitrogen and oxygen atoms in total. The third-order valence-electron chi connectivity index (χ3n) is 7.09. The lowest BCUT2D eigenvalue weighted by molar-refractivity contribution is -0.141. The van der Waals surface area contributed by atoms with Crippen molar-refractivity contribution in [3.8, 4) is 11.5 Å². The first-order chi connectivity index (χ1) is 18.0. The van der Waals surface area contributed by atoms with Crippen LogP contribution in [0.5, 0.6) is 11.5 Å². The van der Waals surface area contributed by atoms with E-state index in [1.165, 1.54) is 6.42 Å². The van der Waals surface area contributed by atoms with Crippen LogP contribution in [0.25, 0.3) is 0 Å². The van der Waals surface area contributed by atoms with Crippen LogP contribution in [0.3, 0.4) is 0 Å². The van der Waals surface area contributed by atoms with Crippen molar-refractivity contribution in [2.75, 3.05) is 20.8 Å². The normalized spacial score (nSPS) is 14.7. The topological polar surface area (TPSA) is 72.8 Å². The molecule has 1 N–H and O–H groups in total. The highest BCUT2D eigenvalue weighted by Gasteiger charge is 2.34. The number of hydrogen-bond donors (Lipinski definition) is 1. The van der Waals surface area contributed by atoms with E-state index in [1.807, 2.05) is 65.7 Å². The number of ether oxygens (including phenoxy) is 2. The highest BCUT2D eigenvalue weighted by atomic mass is 32.1. The lowest BCUT2D eigenvalue weighted by Gasteiger charge is -2.33. The van der Waals surface area contributed by atoms with Crippen LogP contribution < -0.4 is 14.8 Å². The molecule has 1 saturated carbocycles. The predicted octanol–water partition coefficient (Wildman–Crippen LogP) is 4.91. The van der Waals surface area contributed by atoms with Crippen molar-refractivity contribution < 1.29 is 19.1 Å². The Balaban J connectivity index is 1.63. The molecule has 0 spiro atoms. The second-order valence-electron chi connectivity index (χ2n) is 9.57. The molecule has 2 aromatic heterocycles. The van der Waals surface area contributed by atoms with E-state index < -0.39 is 6.04 Å². The molecule has 2 heterocycles. The standard InChI is InChI=1S/C29H37N3O4S/c1-31-16-7-12-24(31)28(29(34)30-22-9-5-4-6-10-22)32(27(33)20-23-11-8-18-37-23)17-15-21-13-14-25(35-2)26(19-21)36-3/h7-8,11-14,16,18-19,22,28H,4-6,9-10,15,17,20H2,1-3H3,(H,30,34). The summed E-state index contributed by atoms with van der Waals surface area (Å²) in [5, 5.41) is 5.25. The highest BCUT2D eigenvalue weighted by molar-refractivity contribution is 7.10. The van der Waals surface area contributed by atoms with Gasteiger partial charge in [0.25, 0.3) is 0 Å². The Kier molecular flexibility index (Phi) is 9.28. The third-order valence-corrected chi connectivity index (χ3v) is 7.97. The fourth-order valence-corrected chi connectivity index (χ4v) is 5.76. The summed E-state index contributed by atoms with van der Waals surface area (Å²) in [6.45, 7) is 0.396. The summed E-state index contributed by atoms with van der Waals surface area (Å²) in [5.41, 5.74) is 1.81. The molecule has 198 valence electrons. The molecular weight excluding hydrogens is 486 g/mol. The number of nitrogens with one attached hydrogen (secondary N) is 1. The van der Waals surface area contributed by atoms with Gasteiger partial charge in [-0.3, -0.25) is 9.59 Å². The monoisotopic (exact) mass is 523 g/mol. The average molecular weight is 524 g/mol. The number of hydrogen-bond acceptors (Lipinski definition) is 5. The van der Waals surface area contributed by atoms with E-state index in [9.17, 15) is 9.59 Å². The first kappa shape index (κ1) is 26.8. The third kappa shape index (κ3) is 6.74. The minimum atomic E-state index is -0.713. The fraction of sp³-hybridized carbons (Fsp3) is 0.448. The average Bonchev–Trinajstić information content (AvgIpc) is 3.58. The van der Waals surface area contributed by atoms with Gasteiger partial charge in [0, 0.05) is 36.4 Å². The molecule has 1 unspecified atom stereocenters. The number of aromatic nitrogens is 1. The molecule has 0 saturated heterocycles. The number of aryl methyl sites for hydroxylation is 1. The van der Waals surface area contributed by atoms with E-state index in [1.54, 1.807) is 30.5 Å². The summed E-state index contributed by atoms with van der Waals surface area (Å²) >= 11 is 1.56. The Morgan fingerprint density at radius 3 is 2.51 bits per heavy atom. The SMILES string of the molecule is COc1ccc(CCN(C(=O)Cc2cccs2)C(C(=O)NC2CCCCC2)c2cccn2C)cc1OC. The van der Waals surface area contributed by atoms with Gasteiger partial charge in [-0.15, -0.1) is 11.3 Å². The number of carbonyl (C=O) groups excluding carboxylic acids is 2. The van der Waals surface area contributed by atoms with Crippen LogP contribution in [-0.4, -0.2) is 48.1 Å². The van der Waals surface area contributed by atoms with Gasteiger partial charge in [-0.25, -0.2) is 0 Å². The number of benzene rings is 1. The van der Waals surface area contributed by atoms with Gasteiger partial charge in [-0.05, 0) is 60.5 Å². The molecule has 1 aliphatic rings. The van der Waals surface area contributed by atoms with E-state index in [2.05, 4.69) is 5.32 Å². The molecule has 0 bridgehead atoms. The summed E-state index contributed by atoms with van der Waals surface area (Å²) in [6, 6.07) is 13.0. The molecule has 4 rings (SSSR count). The molecule has 0 radical (unpaired) electrons. The second kappa shape index (κ2) is 12.8. The van der Waals surface area contributed by atoms with Crippen molar-refractivity contribution in [2.45, 2.75) is 57.0 Å². The van der Waals surface area contributed by atoms with Gasteiger partial charge in [-0.1, -0.05) is 31.4 Å². The van der Waals surface area contributed by atoms with Crippen LogP contribution in [0.4, 0.5) is 0 Å². The zero-order valence-electron chi connectivity index (χ0n) is 21.9. The molecule has 8 heteroatoms. The van der Waals surface area contributed by atoms with E-state index in [4.69, 9.17) is 9.47 Å². The van der Waals surface area contributed by atoms with Crippen LogP contribution >= 0.6 is 11.3 Å². The van der Waals surface area contributed by atoms with Crippen LogP contribution in [0.2, 0.25) is 0 Å². The summed E-state index contributed by atoms with van der Waals surface area (Å²) in [4.78, 5) is 30.4. The fourth-order valence-electron chi connectivity index (χ4n) is 5.07. The molecule has 2 amide bonds. The zero-order valence-corrected chi connectivity index (χ0v) is 22.8. The first-order valence-electron chi connectivity index (χ1n) is 12.9. The van der Waals surface area contributed by atoms with Crippen molar-refractivity contribution in [2.24, 2.45) is 7.05 Å². The summed E-state index contributed by atoms with van der Waals surface area (Å²) in [6.07, 6.45) is 8.20. The van der Waals surface area contributed by atoms with Gasteiger partial charge in [0.15, 0.2) is 17.5 Å². The number of nitrogens with zero attached hydrogens (tertiary/aromatic N) is 2. The van der Waals surface area contributed by atoms with Gasteiger partial charge in [0.05, 0.1) is 20.6 Å². The molecule has 37 heavy (non-hydrogen) atoms. The minimum absolute atomic E-state index is 0.0621. The number of rotatable bonds is 11. The smallest absolute Gasteiger partial charge is 0.249 e. The van der Waals surface area contributed by atoms with E-state index in [0.717, 1.165) is 41.8 Å². The number of methoxy groups -OCH3 is 2. The van der Waals surface area contributed by atoms with Gasteiger partial charge < -0.3 is 24.3 Å². The Morgan fingerprint density at radius 1 is 1.08 bits per heavy atom. The van der Waals surface area contributed by atoms with Crippen LogP contribution in [0.15, 0.2) is 54.0 Å². The van der Waals surface area contributed by atoms with Gasteiger partial charge in [-0.2, -0.15) is 0 Å². The molecule has 1 aliphatic carbocycles. The van der Waals surface area contributed by atoms with Crippen LogP contribution in [-0.2, 0) is 29.5 Å². The highest BCUT2D eigenvalue weighted by Crippen LogP contribution is 2.29. The Morgan fingerprint density at radius 2 is 1.86 bits per heavy atom. The van der Waals surface area contributed by atoms with Crippen LogP contribution in [0, 0.1) is 0 Å². The minimum Gasteiger partial charge on any atom is -0.493 e. The van der Waals surface area contributed by atoms with E-state index in [-0.39, 0.29) is 24.3 Å². The maximum absolute atomic E-state index is 13.9. The molecule has 1 aromatic carbocycles. The van der Waals surface area contributed by atoms with Crippen molar-refractivity contribution in [3.63, 3.8) is 0 Å². The maximum atomic E-state index is 13.9.